The number of amides is 1. The van der Waals surface area contributed by atoms with E-state index in [0.29, 0.717) is 25.4 Å². The van der Waals surface area contributed by atoms with E-state index < -0.39 is 0 Å². The van der Waals surface area contributed by atoms with Crippen LogP contribution in [0.4, 0.5) is 0 Å². The Labute approximate surface area is 178 Å². The van der Waals surface area contributed by atoms with Crippen molar-refractivity contribution in [2.75, 3.05) is 40.0 Å². The molecule has 1 fully saturated rings. The van der Waals surface area contributed by atoms with Gasteiger partial charge in [-0.15, -0.1) is 12.4 Å². The molecule has 29 heavy (non-hydrogen) atoms. The predicted octanol–water partition coefficient (Wildman–Crippen LogP) is 3.46. The van der Waals surface area contributed by atoms with Crippen molar-refractivity contribution < 1.29 is 19.0 Å². The molecule has 3 rings (SSSR count). The third kappa shape index (κ3) is 6.02. The summed E-state index contributed by atoms with van der Waals surface area (Å²) in [6, 6.07) is 15.1. The van der Waals surface area contributed by atoms with Gasteiger partial charge in [0.25, 0.3) is 5.91 Å². The summed E-state index contributed by atoms with van der Waals surface area (Å²) < 4.78 is 16.8. The molecule has 6 nitrogen and oxygen atoms in total. The van der Waals surface area contributed by atoms with Crippen molar-refractivity contribution in [3.05, 3.63) is 54.1 Å². The maximum Gasteiger partial charge on any atom is 0.261 e. The summed E-state index contributed by atoms with van der Waals surface area (Å²) in [5.74, 6) is 2.21. The molecule has 0 aromatic heterocycles. The van der Waals surface area contributed by atoms with Crippen molar-refractivity contribution in [1.82, 2.24) is 10.2 Å². The number of nitrogens with one attached hydrogen (secondary N) is 1. The fraction of sp³-hybridized carbons (Fsp3) is 0.409. The molecule has 1 saturated heterocycles. The highest BCUT2D eigenvalue weighted by Crippen LogP contribution is 2.30. The van der Waals surface area contributed by atoms with Gasteiger partial charge in [-0.2, -0.15) is 0 Å². The third-order valence-corrected chi connectivity index (χ3v) is 4.72. The van der Waals surface area contributed by atoms with E-state index >= 15 is 0 Å². The highest BCUT2D eigenvalue weighted by atomic mass is 35.5. The molecule has 1 amide bonds. The van der Waals surface area contributed by atoms with Gasteiger partial charge in [0.05, 0.1) is 19.8 Å². The summed E-state index contributed by atoms with van der Waals surface area (Å²) in [7, 11) is 1.65. The number of rotatable bonds is 8. The Hall–Kier alpha value is -2.44. The van der Waals surface area contributed by atoms with Crippen LogP contribution in [-0.4, -0.2) is 50.8 Å². The summed E-state index contributed by atoms with van der Waals surface area (Å²) in [6.45, 7) is 4.84. The molecule has 0 saturated carbocycles. The van der Waals surface area contributed by atoms with Gasteiger partial charge < -0.3 is 24.4 Å². The van der Waals surface area contributed by atoms with Gasteiger partial charge in [-0.05, 0) is 36.8 Å². The minimum Gasteiger partial charge on any atom is -0.496 e. The van der Waals surface area contributed by atoms with Crippen molar-refractivity contribution in [2.24, 2.45) is 0 Å². The van der Waals surface area contributed by atoms with E-state index in [1.165, 1.54) is 0 Å². The molecule has 1 aliphatic heterocycles. The van der Waals surface area contributed by atoms with Gasteiger partial charge in [0, 0.05) is 25.2 Å². The standard InChI is InChI=1S/C22H28N2O4.ClH/c1-3-14-27-17-8-10-18(11-9-17)28-16-22(25)24-13-12-23-15-20(24)19-6-4-5-7-21(19)26-2;/h4-11,20,23H,3,12-16H2,1-2H3;1H. The zero-order chi connectivity index (χ0) is 19.8. The molecule has 1 aliphatic rings. The van der Waals surface area contributed by atoms with E-state index in [9.17, 15) is 4.79 Å². The number of para-hydroxylation sites is 1. The highest BCUT2D eigenvalue weighted by Gasteiger charge is 2.29. The van der Waals surface area contributed by atoms with E-state index in [1.54, 1.807) is 7.11 Å². The Kier molecular flexibility index (Phi) is 9.09. The first-order chi connectivity index (χ1) is 13.7. The topological polar surface area (TPSA) is 60.0 Å². The van der Waals surface area contributed by atoms with Gasteiger partial charge in [-0.3, -0.25) is 4.79 Å². The number of nitrogens with zero attached hydrogens (tertiary/aromatic N) is 1. The van der Waals surface area contributed by atoms with Crippen LogP contribution in [0, 0.1) is 0 Å². The average molecular weight is 421 g/mol. The number of ether oxygens (including phenoxy) is 3. The van der Waals surface area contributed by atoms with Crippen molar-refractivity contribution in [3.8, 4) is 17.2 Å². The molecule has 0 bridgehead atoms. The molecular weight excluding hydrogens is 392 g/mol. The molecule has 2 aromatic rings. The summed E-state index contributed by atoms with van der Waals surface area (Å²) >= 11 is 0. The molecule has 1 unspecified atom stereocenters. The van der Waals surface area contributed by atoms with Crippen LogP contribution in [0.15, 0.2) is 48.5 Å². The largest absolute Gasteiger partial charge is 0.496 e. The summed E-state index contributed by atoms with van der Waals surface area (Å²) in [4.78, 5) is 14.7. The molecule has 1 atom stereocenters. The lowest BCUT2D eigenvalue weighted by molar-refractivity contribution is -0.136. The molecule has 0 radical (unpaired) electrons. The minimum absolute atomic E-state index is 0. The number of benzene rings is 2. The molecule has 1 N–H and O–H groups in total. The van der Waals surface area contributed by atoms with Gasteiger partial charge >= 0.3 is 0 Å². The Balaban J connectivity index is 0.00000300. The van der Waals surface area contributed by atoms with Crippen LogP contribution in [0.25, 0.3) is 0 Å². The SMILES string of the molecule is CCCOc1ccc(OCC(=O)N2CCNCC2c2ccccc2OC)cc1.Cl. The second kappa shape index (κ2) is 11.5. The van der Waals surface area contributed by atoms with Crippen LogP contribution < -0.4 is 19.5 Å². The number of carbonyl (C=O) groups is 1. The lowest BCUT2D eigenvalue weighted by atomic mass is 10.0. The zero-order valence-corrected chi connectivity index (χ0v) is 17.7. The summed E-state index contributed by atoms with van der Waals surface area (Å²) in [6.07, 6.45) is 0.963. The van der Waals surface area contributed by atoms with Crippen LogP contribution in [0.2, 0.25) is 0 Å². The van der Waals surface area contributed by atoms with Crippen molar-refractivity contribution in [3.63, 3.8) is 0 Å². The molecule has 1 heterocycles. The average Bonchev–Trinajstić information content (AvgIpc) is 2.76. The predicted molar refractivity (Wildman–Crippen MR) is 115 cm³/mol. The van der Waals surface area contributed by atoms with Crippen molar-refractivity contribution in [2.45, 2.75) is 19.4 Å². The highest BCUT2D eigenvalue weighted by molar-refractivity contribution is 5.85. The molecular formula is C22H29ClN2O4. The fourth-order valence-corrected chi connectivity index (χ4v) is 3.30. The van der Waals surface area contributed by atoms with Crippen LogP contribution in [0.1, 0.15) is 24.9 Å². The minimum atomic E-state index is -0.0779. The zero-order valence-electron chi connectivity index (χ0n) is 16.9. The number of piperazine rings is 1. The first-order valence-corrected chi connectivity index (χ1v) is 9.71. The van der Waals surface area contributed by atoms with E-state index in [-0.39, 0.29) is 31.0 Å². The van der Waals surface area contributed by atoms with E-state index in [1.807, 2.05) is 53.4 Å². The lowest BCUT2D eigenvalue weighted by Crippen LogP contribution is -2.50. The number of halogens is 1. The van der Waals surface area contributed by atoms with Crippen LogP contribution >= 0.6 is 12.4 Å². The molecule has 0 aliphatic carbocycles. The number of hydrogen-bond donors (Lipinski definition) is 1. The van der Waals surface area contributed by atoms with Gasteiger partial charge in [0.1, 0.15) is 17.2 Å². The molecule has 158 valence electrons. The van der Waals surface area contributed by atoms with Gasteiger partial charge in [0.15, 0.2) is 6.61 Å². The van der Waals surface area contributed by atoms with Crippen LogP contribution in [0.5, 0.6) is 17.2 Å². The third-order valence-electron chi connectivity index (χ3n) is 4.72. The molecule has 0 spiro atoms. The normalized spacial score (nSPS) is 15.9. The second-order valence-corrected chi connectivity index (χ2v) is 6.66. The first-order valence-electron chi connectivity index (χ1n) is 9.71. The maximum atomic E-state index is 12.9. The Bertz CT molecular complexity index is 770. The van der Waals surface area contributed by atoms with Gasteiger partial charge in [0.2, 0.25) is 0 Å². The second-order valence-electron chi connectivity index (χ2n) is 6.66. The quantitative estimate of drug-likeness (QED) is 0.708. The number of carbonyl (C=O) groups excluding carboxylic acids is 1. The molecule has 2 aromatic carbocycles. The van der Waals surface area contributed by atoms with Crippen LogP contribution in [0.3, 0.4) is 0 Å². The summed E-state index contributed by atoms with van der Waals surface area (Å²) in [5, 5.41) is 3.36. The lowest BCUT2D eigenvalue weighted by Gasteiger charge is -2.37. The Morgan fingerprint density at radius 3 is 2.48 bits per heavy atom. The molecule has 7 heteroatoms. The summed E-state index contributed by atoms with van der Waals surface area (Å²) in [5.41, 5.74) is 1.00. The number of methoxy groups -OCH3 is 1. The smallest absolute Gasteiger partial charge is 0.261 e. The number of hydrogen-bond acceptors (Lipinski definition) is 5. The Morgan fingerprint density at radius 2 is 1.79 bits per heavy atom. The van der Waals surface area contributed by atoms with Crippen molar-refractivity contribution >= 4 is 18.3 Å². The van der Waals surface area contributed by atoms with Crippen LogP contribution in [-0.2, 0) is 4.79 Å². The van der Waals surface area contributed by atoms with E-state index in [0.717, 1.165) is 30.0 Å². The van der Waals surface area contributed by atoms with E-state index in [4.69, 9.17) is 14.2 Å². The van der Waals surface area contributed by atoms with Gasteiger partial charge in [-0.1, -0.05) is 25.1 Å². The Morgan fingerprint density at radius 1 is 1.10 bits per heavy atom. The van der Waals surface area contributed by atoms with E-state index in [2.05, 4.69) is 12.2 Å². The maximum absolute atomic E-state index is 12.9. The fourth-order valence-electron chi connectivity index (χ4n) is 3.30. The van der Waals surface area contributed by atoms with Gasteiger partial charge in [-0.25, -0.2) is 0 Å². The van der Waals surface area contributed by atoms with Crippen molar-refractivity contribution in [1.29, 1.82) is 0 Å². The first kappa shape index (κ1) is 22.8. The monoisotopic (exact) mass is 420 g/mol.